The summed E-state index contributed by atoms with van der Waals surface area (Å²) in [5.74, 6) is -1.71. The number of imidazole rings is 1. The molecule has 1 aromatic carbocycles. The molecule has 4 rings (SSSR count). The lowest BCUT2D eigenvalue weighted by Gasteiger charge is -2.30. The van der Waals surface area contributed by atoms with Gasteiger partial charge in [0.05, 0.1) is 29.7 Å². The van der Waals surface area contributed by atoms with E-state index >= 15 is 0 Å². The number of aryl methyl sites for hydroxylation is 1. The number of halogens is 2. The maximum atomic E-state index is 14.7. The van der Waals surface area contributed by atoms with Crippen molar-refractivity contribution < 1.29 is 23.1 Å². The van der Waals surface area contributed by atoms with Crippen molar-refractivity contribution in [3.63, 3.8) is 0 Å². The van der Waals surface area contributed by atoms with E-state index in [1.807, 2.05) is 19.1 Å². The van der Waals surface area contributed by atoms with Crippen molar-refractivity contribution in [3.8, 4) is 11.3 Å². The fraction of sp³-hybridized carbons (Fsp3) is 0.286. The number of nitrogens with zero attached hydrogens (tertiary/aromatic N) is 3. The van der Waals surface area contributed by atoms with Crippen LogP contribution in [0.3, 0.4) is 0 Å². The molecule has 0 radical (unpaired) electrons. The number of pyridine rings is 1. The molecule has 8 heteroatoms. The number of carbonyl (C=O) groups excluding carboxylic acids is 2. The number of aromatic nitrogens is 2. The van der Waals surface area contributed by atoms with E-state index in [-0.39, 0.29) is 22.9 Å². The molecule has 1 saturated heterocycles. The molecule has 6 nitrogen and oxygen atoms in total. The standard InChI is InChI=1S/C21H19F2N3O3/c1-13-2-3-26-18(9-15-10-25(12-28)4-5-29-15)21(24-19(26)6-13)20-16(22)7-14(11-27)8-17(20)23/h2-3,6-8,11-12,15H,4-5,9-10H2,1H3/t15-/m0/s1. The van der Waals surface area contributed by atoms with Gasteiger partial charge in [0.15, 0.2) is 0 Å². The summed E-state index contributed by atoms with van der Waals surface area (Å²) in [6.07, 6.45) is 2.96. The second-order valence-electron chi connectivity index (χ2n) is 7.11. The van der Waals surface area contributed by atoms with E-state index in [0.717, 1.165) is 24.1 Å². The van der Waals surface area contributed by atoms with Crippen LogP contribution >= 0.6 is 0 Å². The molecule has 1 fully saturated rings. The van der Waals surface area contributed by atoms with Crippen molar-refractivity contribution in [2.24, 2.45) is 0 Å². The van der Waals surface area contributed by atoms with Crippen LogP contribution in [0.25, 0.3) is 16.9 Å². The van der Waals surface area contributed by atoms with Crippen molar-refractivity contribution in [2.75, 3.05) is 19.7 Å². The number of ether oxygens (including phenoxy) is 1. The van der Waals surface area contributed by atoms with Crippen molar-refractivity contribution in [1.29, 1.82) is 0 Å². The lowest BCUT2D eigenvalue weighted by molar-refractivity contribution is -0.125. The number of hydrogen-bond acceptors (Lipinski definition) is 4. The second kappa shape index (κ2) is 7.71. The summed E-state index contributed by atoms with van der Waals surface area (Å²) in [6, 6.07) is 5.69. The van der Waals surface area contributed by atoms with Crippen LogP contribution in [0.4, 0.5) is 8.78 Å². The fourth-order valence-corrected chi connectivity index (χ4v) is 3.66. The largest absolute Gasteiger partial charge is 0.374 e. The molecule has 3 aromatic rings. The Labute approximate surface area is 165 Å². The van der Waals surface area contributed by atoms with E-state index < -0.39 is 11.6 Å². The molecule has 0 unspecified atom stereocenters. The van der Waals surface area contributed by atoms with Gasteiger partial charge in [-0.1, -0.05) is 0 Å². The molecule has 1 atom stereocenters. The van der Waals surface area contributed by atoms with E-state index in [1.54, 1.807) is 15.5 Å². The quantitative estimate of drug-likeness (QED) is 0.619. The van der Waals surface area contributed by atoms with Gasteiger partial charge >= 0.3 is 0 Å². The Morgan fingerprint density at radius 2 is 2.00 bits per heavy atom. The lowest BCUT2D eigenvalue weighted by atomic mass is 10.0. The van der Waals surface area contributed by atoms with Gasteiger partial charge in [-0.05, 0) is 36.8 Å². The molecule has 1 aliphatic heterocycles. The number of amides is 1. The minimum absolute atomic E-state index is 0.0813. The van der Waals surface area contributed by atoms with Crippen molar-refractivity contribution in [2.45, 2.75) is 19.4 Å². The highest BCUT2D eigenvalue weighted by Gasteiger charge is 2.26. The molecule has 150 valence electrons. The summed E-state index contributed by atoms with van der Waals surface area (Å²) in [6.45, 7) is 3.19. The number of morpholine rings is 1. The normalized spacial score (nSPS) is 16.9. The summed E-state index contributed by atoms with van der Waals surface area (Å²) >= 11 is 0. The molecule has 0 N–H and O–H groups in total. The van der Waals surface area contributed by atoms with E-state index in [4.69, 9.17) is 4.74 Å². The van der Waals surface area contributed by atoms with Gasteiger partial charge in [0.2, 0.25) is 6.41 Å². The molecule has 0 aliphatic carbocycles. The van der Waals surface area contributed by atoms with E-state index in [2.05, 4.69) is 4.98 Å². The van der Waals surface area contributed by atoms with Crippen LogP contribution in [-0.4, -0.2) is 52.8 Å². The monoisotopic (exact) mass is 399 g/mol. The molecule has 2 aromatic heterocycles. The third-order valence-electron chi connectivity index (χ3n) is 5.06. The third kappa shape index (κ3) is 3.63. The van der Waals surface area contributed by atoms with E-state index in [9.17, 15) is 18.4 Å². The lowest BCUT2D eigenvalue weighted by Crippen LogP contribution is -2.42. The summed E-state index contributed by atoms with van der Waals surface area (Å²) in [5.41, 5.74) is 1.89. The summed E-state index contributed by atoms with van der Waals surface area (Å²) in [7, 11) is 0. The van der Waals surface area contributed by atoms with Crippen molar-refractivity contribution >= 4 is 18.3 Å². The number of hydrogen-bond donors (Lipinski definition) is 0. The average molecular weight is 399 g/mol. The second-order valence-corrected chi connectivity index (χ2v) is 7.11. The molecule has 0 bridgehead atoms. The Bertz CT molecular complexity index is 1070. The van der Waals surface area contributed by atoms with E-state index in [1.165, 1.54) is 0 Å². The topological polar surface area (TPSA) is 63.9 Å². The minimum atomic E-state index is -0.854. The van der Waals surface area contributed by atoms with Gasteiger partial charge in [-0.2, -0.15) is 0 Å². The van der Waals surface area contributed by atoms with Crippen LogP contribution < -0.4 is 0 Å². The average Bonchev–Trinajstić information content (AvgIpc) is 3.04. The fourth-order valence-electron chi connectivity index (χ4n) is 3.66. The maximum absolute atomic E-state index is 14.7. The highest BCUT2D eigenvalue weighted by Crippen LogP contribution is 2.31. The van der Waals surface area contributed by atoms with Gasteiger partial charge < -0.3 is 14.0 Å². The SMILES string of the molecule is Cc1ccn2c(C[C@H]3CN(C=O)CCO3)c(-c3c(F)cc(C=O)cc3F)nc2c1. The van der Waals surface area contributed by atoms with Crippen molar-refractivity contribution in [3.05, 3.63) is 58.9 Å². The number of fused-ring (bicyclic) bond motifs is 1. The van der Waals surface area contributed by atoms with Gasteiger partial charge in [-0.15, -0.1) is 0 Å². The first kappa shape index (κ1) is 19.2. The Morgan fingerprint density at radius 1 is 1.24 bits per heavy atom. The first-order valence-corrected chi connectivity index (χ1v) is 9.23. The van der Waals surface area contributed by atoms with Crippen LogP contribution in [0.2, 0.25) is 0 Å². The summed E-state index contributed by atoms with van der Waals surface area (Å²) < 4.78 is 37.0. The van der Waals surface area contributed by atoms with Gasteiger partial charge in [0.1, 0.15) is 23.6 Å². The van der Waals surface area contributed by atoms with Crippen LogP contribution in [-0.2, 0) is 16.0 Å². The highest BCUT2D eigenvalue weighted by atomic mass is 19.1. The molecular formula is C21H19F2N3O3. The molecule has 29 heavy (non-hydrogen) atoms. The Hall–Kier alpha value is -3.13. The number of rotatable bonds is 5. The summed E-state index contributed by atoms with van der Waals surface area (Å²) in [5, 5.41) is 0. The number of benzene rings is 1. The predicted octanol–water partition coefficient (Wildman–Crippen LogP) is 2.80. The number of carbonyl (C=O) groups is 2. The summed E-state index contributed by atoms with van der Waals surface area (Å²) in [4.78, 5) is 28.1. The zero-order valence-corrected chi connectivity index (χ0v) is 15.8. The Morgan fingerprint density at radius 3 is 2.69 bits per heavy atom. The Kier molecular flexibility index (Phi) is 5.10. The van der Waals surface area contributed by atoms with Gasteiger partial charge in [0.25, 0.3) is 0 Å². The van der Waals surface area contributed by atoms with Gasteiger partial charge in [-0.3, -0.25) is 9.59 Å². The Balaban J connectivity index is 1.85. The molecule has 1 aliphatic rings. The van der Waals surface area contributed by atoms with Gasteiger partial charge in [0, 0.05) is 31.3 Å². The first-order chi connectivity index (χ1) is 14.0. The third-order valence-corrected chi connectivity index (χ3v) is 5.06. The first-order valence-electron chi connectivity index (χ1n) is 9.23. The van der Waals surface area contributed by atoms with Crippen molar-refractivity contribution in [1.82, 2.24) is 14.3 Å². The minimum Gasteiger partial charge on any atom is -0.374 e. The van der Waals surface area contributed by atoms with Crippen LogP contribution in [0.1, 0.15) is 21.6 Å². The smallest absolute Gasteiger partial charge is 0.209 e. The number of aldehydes is 1. The highest BCUT2D eigenvalue weighted by molar-refractivity contribution is 5.78. The molecule has 0 saturated carbocycles. The molecular weight excluding hydrogens is 380 g/mol. The van der Waals surface area contributed by atoms with Crippen LogP contribution in [0.5, 0.6) is 0 Å². The molecule has 0 spiro atoms. The van der Waals surface area contributed by atoms with Gasteiger partial charge in [-0.25, -0.2) is 13.8 Å². The zero-order valence-electron chi connectivity index (χ0n) is 15.8. The van der Waals surface area contributed by atoms with Crippen LogP contribution in [0.15, 0.2) is 30.5 Å². The molecule has 1 amide bonds. The maximum Gasteiger partial charge on any atom is 0.209 e. The van der Waals surface area contributed by atoms with Crippen LogP contribution in [0, 0.1) is 18.6 Å². The van der Waals surface area contributed by atoms with E-state index in [0.29, 0.717) is 43.7 Å². The molecule has 3 heterocycles. The zero-order chi connectivity index (χ0) is 20.5. The predicted molar refractivity (Wildman–Crippen MR) is 102 cm³/mol.